The van der Waals surface area contributed by atoms with E-state index < -0.39 is 21.2 Å². The molecule has 1 fully saturated rings. The SMILES string of the molecule is CC(=O)c1cccc(O[C@H](C)C(=O)NC[C@@H]2CCCS2(=O)=O)c1. The van der Waals surface area contributed by atoms with Crippen molar-refractivity contribution in [2.24, 2.45) is 0 Å². The average Bonchev–Trinajstić information content (AvgIpc) is 2.83. The lowest BCUT2D eigenvalue weighted by atomic mass is 10.1. The van der Waals surface area contributed by atoms with E-state index in [1.54, 1.807) is 31.2 Å². The number of hydrogen-bond donors (Lipinski definition) is 1. The number of ether oxygens (including phenoxy) is 1. The van der Waals surface area contributed by atoms with E-state index in [-0.39, 0.29) is 24.0 Å². The normalized spacial score (nSPS) is 20.7. The van der Waals surface area contributed by atoms with E-state index in [2.05, 4.69) is 5.32 Å². The summed E-state index contributed by atoms with van der Waals surface area (Å²) in [5, 5.41) is 2.13. The summed E-state index contributed by atoms with van der Waals surface area (Å²) in [7, 11) is -3.08. The number of hydrogen-bond acceptors (Lipinski definition) is 5. The topological polar surface area (TPSA) is 89.5 Å². The van der Waals surface area contributed by atoms with Gasteiger partial charge < -0.3 is 10.1 Å². The Morgan fingerprint density at radius 3 is 2.74 bits per heavy atom. The first-order valence-corrected chi connectivity index (χ1v) is 9.28. The van der Waals surface area contributed by atoms with Crippen LogP contribution in [-0.2, 0) is 14.6 Å². The predicted octanol–water partition coefficient (Wildman–Crippen LogP) is 1.35. The summed E-state index contributed by atoms with van der Waals surface area (Å²) in [4.78, 5) is 23.4. The molecule has 1 aliphatic rings. The summed E-state index contributed by atoms with van der Waals surface area (Å²) >= 11 is 0. The molecule has 1 aromatic rings. The van der Waals surface area contributed by atoms with E-state index in [9.17, 15) is 18.0 Å². The molecular formula is C16H21NO5S. The van der Waals surface area contributed by atoms with Gasteiger partial charge in [-0.05, 0) is 38.8 Å². The maximum atomic E-state index is 12.0. The van der Waals surface area contributed by atoms with Crippen molar-refractivity contribution in [2.75, 3.05) is 12.3 Å². The van der Waals surface area contributed by atoms with Crippen molar-refractivity contribution in [1.29, 1.82) is 0 Å². The predicted molar refractivity (Wildman–Crippen MR) is 86.4 cm³/mol. The Balaban J connectivity index is 1.90. The molecule has 2 atom stereocenters. The third-order valence-electron chi connectivity index (χ3n) is 3.89. The Morgan fingerprint density at radius 1 is 1.39 bits per heavy atom. The second kappa shape index (κ2) is 7.12. The summed E-state index contributed by atoms with van der Waals surface area (Å²) in [6, 6.07) is 6.60. The van der Waals surface area contributed by atoms with Gasteiger partial charge in [-0.1, -0.05) is 12.1 Å². The molecule has 0 spiro atoms. The van der Waals surface area contributed by atoms with E-state index >= 15 is 0 Å². The van der Waals surface area contributed by atoms with Crippen LogP contribution in [-0.4, -0.2) is 43.8 Å². The minimum Gasteiger partial charge on any atom is -0.481 e. The number of carbonyl (C=O) groups is 2. The van der Waals surface area contributed by atoms with Crippen molar-refractivity contribution >= 4 is 21.5 Å². The quantitative estimate of drug-likeness (QED) is 0.790. The molecule has 7 heteroatoms. The van der Waals surface area contributed by atoms with Gasteiger partial charge in [-0.25, -0.2) is 8.42 Å². The van der Waals surface area contributed by atoms with Gasteiger partial charge in [0.1, 0.15) is 5.75 Å². The molecule has 1 aliphatic heterocycles. The fourth-order valence-electron chi connectivity index (χ4n) is 2.49. The van der Waals surface area contributed by atoms with Crippen LogP contribution in [0, 0.1) is 0 Å². The number of nitrogens with one attached hydrogen (secondary N) is 1. The van der Waals surface area contributed by atoms with Crippen molar-refractivity contribution in [2.45, 2.75) is 38.0 Å². The number of carbonyl (C=O) groups excluding carboxylic acids is 2. The Kier molecular flexibility index (Phi) is 5.41. The lowest BCUT2D eigenvalue weighted by Crippen LogP contribution is -2.41. The van der Waals surface area contributed by atoms with Crippen molar-refractivity contribution in [3.05, 3.63) is 29.8 Å². The molecule has 0 unspecified atom stereocenters. The number of amides is 1. The monoisotopic (exact) mass is 339 g/mol. The molecule has 0 aromatic heterocycles. The molecule has 0 saturated carbocycles. The second-order valence-corrected chi connectivity index (χ2v) is 8.12. The highest BCUT2D eigenvalue weighted by Crippen LogP contribution is 2.19. The molecule has 23 heavy (non-hydrogen) atoms. The van der Waals surface area contributed by atoms with Crippen LogP contribution >= 0.6 is 0 Å². The molecule has 0 bridgehead atoms. The van der Waals surface area contributed by atoms with Gasteiger partial charge in [0.15, 0.2) is 21.7 Å². The van der Waals surface area contributed by atoms with Gasteiger partial charge >= 0.3 is 0 Å². The van der Waals surface area contributed by atoms with Crippen molar-refractivity contribution in [3.8, 4) is 5.75 Å². The zero-order valence-electron chi connectivity index (χ0n) is 13.2. The van der Waals surface area contributed by atoms with Crippen LogP contribution in [0.3, 0.4) is 0 Å². The molecule has 2 rings (SSSR count). The Morgan fingerprint density at radius 2 is 2.13 bits per heavy atom. The summed E-state index contributed by atoms with van der Waals surface area (Å²) in [6.07, 6.45) is 0.451. The van der Waals surface area contributed by atoms with E-state index in [4.69, 9.17) is 4.74 Å². The van der Waals surface area contributed by atoms with Crippen LogP contribution in [0.25, 0.3) is 0 Å². The van der Waals surface area contributed by atoms with Gasteiger partial charge in [-0.15, -0.1) is 0 Å². The summed E-state index contributed by atoms with van der Waals surface area (Å²) in [5.74, 6) is 0.158. The Labute approximate surface area is 136 Å². The molecule has 6 nitrogen and oxygen atoms in total. The van der Waals surface area contributed by atoms with Crippen LogP contribution < -0.4 is 10.1 Å². The van der Waals surface area contributed by atoms with E-state index in [0.29, 0.717) is 24.2 Å². The number of Topliss-reactive ketones (excluding diaryl/α,β-unsaturated/α-hetero) is 1. The average molecular weight is 339 g/mol. The van der Waals surface area contributed by atoms with Gasteiger partial charge in [0, 0.05) is 12.1 Å². The minimum absolute atomic E-state index is 0.0843. The van der Waals surface area contributed by atoms with Crippen molar-refractivity contribution in [3.63, 3.8) is 0 Å². The Bertz CT molecular complexity index is 698. The van der Waals surface area contributed by atoms with Crippen molar-refractivity contribution in [1.82, 2.24) is 5.32 Å². The summed E-state index contributed by atoms with van der Waals surface area (Å²) < 4.78 is 29.0. The minimum atomic E-state index is -3.08. The first-order chi connectivity index (χ1) is 10.8. The molecule has 1 saturated heterocycles. The molecule has 1 N–H and O–H groups in total. The van der Waals surface area contributed by atoms with Gasteiger partial charge in [-0.2, -0.15) is 0 Å². The maximum absolute atomic E-state index is 12.0. The highest BCUT2D eigenvalue weighted by molar-refractivity contribution is 7.92. The molecular weight excluding hydrogens is 318 g/mol. The first kappa shape index (κ1) is 17.5. The fourth-order valence-corrected chi connectivity index (χ4v) is 4.26. The van der Waals surface area contributed by atoms with Gasteiger partial charge in [-0.3, -0.25) is 9.59 Å². The number of rotatable bonds is 6. The maximum Gasteiger partial charge on any atom is 0.260 e. The van der Waals surface area contributed by atoms with Crippen molar-refractivity contribution < 1.29 is 22.7 Å². The standard InChI is InChI=1S/C16H21NO5S/c1-11(18)13-5-3-6-14(9-13)22-12(2)16(19)17-10-15-7-4-8-23(15,20)21/h3,5-6,9,12,15H,4,7-8,10H2,1-2H3,(H,17,19)/t12-,15+/m1/s1. The summed E-state index contributed by atoms with van der Waals surface area (Å²) in [6.45, 7) is 3.15. The van der Waals surface area contributed by atoms with E-state index in [1.165, 1.54) is 6.92 Å². The Hall–Kier alpha value is -1.89. The third-order valence-corrected chi connectivity index (χ3v) is 6.17. The zero-order chi connectivity index (χ0) is 17.0. The zero-order valence-corrected chi connectivity index (χ0v) is 14.1. The second-order valence-electron chi connectivity index (χ2n) is 5.72. The molecule has 1 amide bonds. The lowest BCUT2D eigenvalue weighted by Gasteiger charge is -2.16. The summed E-state index contributed by atoms with van der Waals surface area (Å²) in [5.41, 5.74) is 0.507. The third kappa shape index (κ3) is 4.54. The van der Waals surface area contributed by atoms with Gasteiger partial charge in [0.25, 0.3) is 5.91 Å². The van der Waals surface area contributed by atoms with Gasteiger partial charge in [0.2, 0.25) is 0 Å². The number of benzene rings is 1. The van der Waals surface area contributed by atoms with Crippen LogP contribution in [0.5, 0.6) is 5.75 Å². The van der Waals surface area contributed by atoms with Crippen LogP contribution in [0.2, 0.25) is 0 Å². The molecule has 1 aromatic carbocycles. The lowest BCUT2D eigenvalue weighted by molar-refractivity contribution is -0.127. The smallest absolute Gasteiger partial charge is 0.260 e. The molecule has 0 aliphatic carbocycles. The molecule has 126 valence electrons. The van der Waals surface area contributed by atoms with Crippen LogP contribution in [0.1, 0.15) is 37.0 Å². The first-order valence-electron chi connectivity index (χ1n) is 7.56. The number of ketones is 1. The highest BCUT2D eigenvalue weighted by Gasteiger charge is 2.31. The fraction of sp³-hybridized carbons (Fsp3) is 0.500. The number of sulfone groups is 1. The molecule has 0 radical (unpaired) electrons. The van der Waals surface area contributed by atoms with Crippen LogP contribution in [0.4, 0.5) is 0 Å². The van der Waals surface area contributed by atoms with E-state index in [0.717, 1.165) is 0 Å². The van der Waals surface area contributed by atoms with Crippen LogP contribution in [0.15, 0.2) is 24.3 Å². The van der Waals surface area contributed by atoms with E-state index in [1.807, 2.05) is 0 Å². The highest BCUT2D eigenvalue weighted by atomic mass is 32.2. The largest absolute Gasteiger partial charge is 0.481 e. The van der Waals surface area contributed by atoms with Gasteiger partial charge in [0.05, 0.1) is 11.0 Å². The molecule has 1 heterocycles.